The number of aliphatic hydroxyl groups excluding tert-OH is 1. The van der Waals surface area contributed by atoms with Gasteiger partial charge in [0.1, 0.15) is 0 Å². The van der Waals surface area contributed by atoms with Crippen molar-refractivity contribution in [2.75, 3.05) is 23.0 Å². The monoisotopic (exact) mass is 262 g/mol. The first-order chi connectivity index (χ1) is 7.52. The normalized spacial score (nSPS) is 24.6. The maximum Gasteiger partial charge on any atom is 0.185 e. The van der Waals surface area contributed by atoms with Crippen molar-refractivity contribution in [3.05, 3.63) is 11.1 Å². The summed E-state index contributed by atoms with van der Waals surface area (Å²) in [6.45, 7) is 2.36. The zero-order valence-electron chi connectivity index (χ0n) is 8.96. The zero-order chi connectivity index (χ0) is 11.8. The maximum absolute atomic E-state index is 11.4. The molecule has 1 fully saturated rings. The number of aromatic nitrogens is 1. The van der Waals surface area contributed by atoms with Gasteiger partial charge in [-0.3, -0.25) is 0 Å². The summed E-state index contributed by atoms with van der Waals surface area (Å²) in [5.74, 6) is 0.367. The Kier molecular flexibility index (Phi) is 3.18. The fraction of sp³-hybridized carbons (Fsp3) is 0.667. The number of sulfone groups is 1. The molecule has 0 aliphatic carbocycles. The molecule has 2 rings (SSSR count). The molecule has 1 atom stereocenters. The van der Waals surface area contributed by atoms with E-state index in [-0.39, 0.29) is 24.2 Å². The predicted molar refractivity (Wildman–Crippen MR) is 63.5 cm³/mol. The maximum atomic E-state index is 11.4. The molecule has 7 heteroatoms. The average Bonchev–Trinajstić information content (AvgIpc) is 2.64. The van der Waals surface area contributed by atoms with Crippen LogP contribution in [0.2, 0.25) is 0 Å². The van der Waals surface area contributed by atoms with Crippen molar-refractivity contribution < 1.29 is 13.5 Å². The van der Waals surface area contributed by atoms with Crippen LogP contribution in [0.15, 0.2) is 6.20 Å². The van der Waals surface area contributed by atoms with Gasteiger partial charge in [-0.1, -0.05) is 11.3 Å². The highest BCUT2D eigenvalue weighted by molar-refractivity contribution is 7.91. The van der Waals surface area contributed by atoms with E-state index in [0.29, 0.717) is 6.54 Å². The SMILES string of the molecule is CC1CS(=O)(=O)CCN1c1ncc(CO)s1. The summed E-state index contributed by atoms with van der Waals surface area (Å²) in [4.78, 5) is 6.99. The quantitative estimate of drug-likeness (QED) is 0.828. The van der Waals surface area contributed by atoms with Gasteiger partial charge < -0.3 is 10.0 Å². The lowest BCUT2D eigenvalue weighted by Gasteiger charge is -2.32. The van der Waals surface area contributed by atoms with Gasteiger partial charge >= 0.3 is 0 Å². The Morgan fingerprint density at radius 2 is 2.44 bits per heavy atom. The molecule has 5 nitrogen and oxygen atoms in total. The molecular weight excluding hydrogens is 248 g/mol. The van der Waals surface area contributed by atoms with E-state index in [4.69, 9.17) is 5.11 Å². The summed E-state index contributed by atoms with van der Waals surface area (Å²) in [5.41, 5.74) is 0. The summed E-state index contributed by atoms with van der Waals surface area (Å²) < 4.78 is 22.8. The van der Waals surface area contributed by atoms with Crippen LogP contribution in [0, 0.1) is 0 Å². The molecule has 2 heterocycles. The Morgan fingerprint density at radius 1 is 1.69 bits per heavy atom. The van der Waals surface area contributed by atoms with Crippen molar-refractivity contribution in [3.8, 4) is 0 Å². The van der Waals surface area contributed by atoms with Crippen LogP contribution in [-0.4, -0.2) is 42.6 Å². The molecule has 1 N–H and O–H groups in total. The van der Waals surface area contributed by atoms with Crippen molar-refractivity contribution in [2.24, 2.45) is 0 Å². The Labute approximate surface area is 98.7 Å². The standard InChI is InChI=1S/C9H14N2O3S2/c1-7-6-16(13,14)3-2-11(7)9-10-4-8(5-12)15-9/h4,7,12H,2-3,5-6H2,1H3. The lowest BCUT2D eigenvalue weighted by molar-refractivity contribution is 0.285. The van der Waals surface area contributed by atoms with Crippen molar-refractivity contribution in [3.63, 3.8) is 0 Å². The molecule has 1 aromatic rings. The minimum absolute atomic E-state index is 0.0157. The van der Waals surface area contributed by atoms with Crippen LogP contribution < -0.4 is 4.90 Å². The van der Waals surface area contributed by atoms with Crippen molar-refractivity contribution in [1.82, 2.24) is 4.98 Å². The highest BCUT2D eigenvalue weighted by atomic mass is 32.2. The molecular formula is C9H14N2O3S2. The van der Waals surface area contributed by atoms with Gasteiger partial charge in [-0.25, -0.2) is 13.4 Å². The minimum Gasteiger partial charge on any atom is -0.391 e. The smallest absolute Gasteiger partial charge is 0.185 e. The molecule has 1 aliphatic rings. The predicted octanol–water partition coefficient (Wildman–Crippen LogP) is 0.259. The Hall–Kier alpha value is -0.660. The van der Waals surface area contributed by atoms with E-state index >= 15 is 0 Å². The van der Waals surface area contributed by atoms with Crippen LogP contribution in [0.3, 0.4) is 0 Å². The molecule has 0 amide bonds. The van der Waals surface area contributed by atoms with Gasteiger partial charge in [-0.2, -0.15) is 0 Å². The molecule has 90 valence electrons. The lowest BCUT2D eigenvalue weighted by atomic mass is 10.3. The molecule has 0 aromatic carbocycles. The Bertz CT molecular complexity index is 469. The second kappa shape index (κ2) is 4.31. The molecule has 0 bridgehead atoms. The van der Waals surface area contributed by atoms with E-state index < -0.39 is 9.84 Å². The van der Waals surface area contributed by atoms with E-state index in [1.807, 2.05) is 11.8 Å². The molecule has 0 saturated carbocycles. The van der Waals surface area contributed by atoms with Gasteiger partial charge in [0.05, 0.1) is 23.0 Å². The van der Waals surface area contributed by atoms with E-state index in [1.165, 1.54) is 11.3 Å². The number of rotatable bonds is 2. The third-order valence-corrected chi connectivity index (χ3v) is 5.43. The summed E-state index contributed by atoms with van der Waals surface area (Å²) in [6, 6.07) is -0.0450. The number of hydrogen-bond acceptors (Lipinski definition) is 6. The third kappa shape index (κ3) is 2.36. The third-order valence-electron chi connectivity index (χ3n) is 2.61. The fourth-order valence-electron chi connectivity index (χ4n) is 1.79. The fourth-order valence-corrected chi connectivity index (χ4v) is 4.24. The molecule has 1 saturated heterocycles. The van der Waals surface area contributed by atoms with Crippen LogP contribution in [-0.2, 0) is 16.4 Å². The van der Waals surface area contributed by atoms with E-state index in [9.17, 15) is 8.42 Å². The number of nitrogens with zero attached hydrogens (tertiary/aromatic N) is 2. The zero-order valence-corrected chi connectivity index (χ0v) is 10.6. The van der Waals surface area contributed by atoms with Crippen LogP contribution in [0.25, 0.3) is 0 Å². The molecule has 1 aromatic heterocycles. The first-order valence-corrected chi connectivity index (χ1v) is 7.68. The van der Waals surface area contributed by atoms with Crippen LogP contribution >= 0.6 is 11.3 Å². The highest BCUT2D eigenvalue weighted by Crippen LogP contribution is 2.26. The lowest BCUT2D eigenvalue weighted by Crippen LogP contribution is -2.46. The van der Waals surface area contributed by atoms with Crippen molar-refractivity contribution >= 4 is 26.3 Å². The average molecular weight is 262 g/mol. The topological polar surface area (TPSA) is 70.5 Å². The summed E-state index contributed by atoms with van der Waals surface area (Å²) >= 11 is 1.41. The number of thiazole rings is 1. The number of aliphatic hydroxyl groups is 1. The first kappa shape index (κ1) is 11.8. The number of anilines is 1. The largest absolute Gasteiger partial charge is 0.391 e. The molecule has 0 radical (unpaired) electrons. The van der Waals surface area contributed by atoms with Crippen molar-refractivity contribution in [2.45, 2.75) is 19.6 Å². The Morgan fingerprint density at radius 3 is 3.00 bits per heavy atom. The van der Waals surface area contributed by atoms with Gasteiger partial charge in [0.2, 0.25) is 0 Å². The van der Waals surface area contributed by atoms with Crippen LogP contribution in [0.5, 0.6) is 0 Å². The van der Waals surface area contributed by atoms with Crippen LogP contribution in [0.1, 0.15) is 11.8 Å². The van der Waals surface area contributed by atoms with E-state index in [1.54, 1.807) is 6.20 Å². The second-order valence-electron chi connectivity index (χ2n) is 3.92. The van der Waals surface area contributed by atoms with Gasteiger partial charge in [-0.15, -0.1) is 0 Å². The molecule has 1 unspecified atom stereocenters. The first-order valence-electron chi connectivity index (χ1n) is 5.04. The molecule has 1 aliphatic heterocycles. The van der Waals surface area contributed by atoms with Crippen LogP contribution in [0.4, 0.5) is 5.13 Å². The Balaban J connectivity index is 2.17. The summed E-state index contributed by atoms with van der Waals surface area (Å²) in [6.07, 6.45) is 1.63. The van der Waals surface area contributed by atoms with Crippen molar-refractivity contribution in [1.29, 1.82) is 0 Å². The summed E-state index contributed by atoms with van der Waals surface area (Å²) in [5, 5.41) is 9.75. The van der Waals surface area contributed by atoms with Gasteiger partial charge in [0.15, 0.2) is 15.0 Å². The molecule has 16 heavy (non-hydrogen) atoms. The highest BCUT2D eigenvalue weighted by Gasteiger charge is 2.29. The number of hydrogen-bond donors (Lipinski definition) is 1. The second-order valence-corrected chi connectivity index (χ2v) is 7.25. The van der Waals surface area contributed by atoms with Gasteiger partial charge in [0.25, 0.3) is 0 Å². The summed E-state index contributed by atoms with van der Waals surface area (Å²) in [7, 11) is -2.89. The van der Waals surface area contributed by atoms with E-state index in [0.717, 1.165) is 10.0 Å². The minimum atomic E-state index is -2.89. The van der Waals surface area contributed by atoms with E-state index in [2.05, 4.69) is 4.98 Å². The van der Waals surface area contributed by atoms with Gasteiger partial charge in [0, 0.05) is 18.8 Å². The molecule has 0 spiro atoms. The van der Waals surface area contributed by atoms with Gasteiger partial charge in [-0.05, 0) is 6.92 Å².